The number of hydrogen-bond acceptors (Lipinski definition) is 6. The van der Waals surface area contributed by atoms with Crippen molar-refractivity contribution in [2.45, 2.75) is 32.4 Å². The van der Waals surface area contributed by atoms with Crippen LogP contribution in [0.4, 0.5) is 5.82 Å². The molecular weight excluding hydrogens is 358 g/mol. The molecule has 3 heterocycles. The van der Waals surface area contributed by atoms with Gasteiger partial charge in [0.1, 0.15) is 0 Å². The second-order valence-corrected chi connectivity index (χ2v) is 7.73. The van der Waals surface area contributed by atoms with Crippen LogP contribution in [0.15, 0.2) is 18.3 Å². The maximum atomic E-state index is 12.4. The van der Waals surface area contributed by atoms with Crippen molar-refractivity contribution in [2.24, 2.45) is 0 Å². The standard InChI is InChI=1S/C16H21N5O2S2/c1-3-21-17-9-14(19-21)18-16(23)13-7-6-12(25-13)11-5-4-8-20(11)15(22)10-24-2/h6-7,9,11H,3-5,8,10H2,1-2H3,(H,18,19,23)/t11-/m0/s1. The fraction of sp³-hybridized carbons (Fsp3) is 0.500. The number of amides is 2. The maximum absolute atomic E-state index is 12.4. The molecule has 0 aliphatic carbocycles. The highest BCUT2D eigenvalue weighted by atomic mass is 32.2. The predicted octanol–water partition coefficient (Wildman–Crippen LogP) is 2.64. The third kappa shape index (κ3) is 4.04. The van der Waals surface area contributed by atoms with Crippen LogP contribution in [-0.2, 0) is 11.3 Å². The average molecular weight is 380 g/mol. The van der Waals surface area contributed by atoms with Gasteiger partial charge in [-0.25, -0.2) is 0 Å². The van der Waals surface area contributed by atoms with Gasteiger partial charge in [0.05, 0.1) is 29.4 Å². The minimum absolute atomic E-state index is 0.0900. The SMILES string of the molecule is CCn1ncc(NC(=O)c2ccc([C@@H]3CCCN3C(=O)CSC)s2)n1. The van der Waals surface area contributed by atoms with Crippen LogP contribution in [0.1, 0.15) is 40.4 Å². The second kappa shape index (κ2) is 8.01. The summed E-state index contributed by atoms with van der Waals surface area (Å²) in [6.45, 7) is 3.38. The Kier molecular flexibility index (Phi) is 5.74. The summed E-state index contributed by atoms with van der Waals surface area (Å²) in [6.07, 6.45) is 5.43. The number of likely N-dealkylation sites (tertiary alicyclic amines) is 1. The van der Waals surface area contributed by atoms with E-state index >= 15 is 0 Å². The van der Waals surface area contributed by atoms with Crippen LogP contribution >= 0.6 is 23.1 Å². The van der Waals surface area contributed by atoms with Crippen molar-refractivity contribution in [3.63, 3.8) is 0 Å². The van der Waals surface area contributed by atoms with Gasteiger partial charge in [0.25, 0.3) is 5.91 Å². The summed E-state index contributed by atoms with van der Waals surface area (Å²) in [4.78, 5) is 29.8. The highest BCUT2D eigenvalue weighted by molar-refractivity contribution is 7.99. The second-order valence-electron chi connectivity index (χ2n) is 5.75. The lowest BCUT2D eigenvalue weighted by Gasteiger charge is -2.23. The molecule has 9 heteroatoms. The summed E-state index contributed by atoms with van der Waals surface area (Å²) in [5.74, 6) is 0.923. The Labute approximate surface area is 154 Å². The Balaban J connectivity index is 1.68. The van der Waals surface area contributed by atoms with Crippen molar-refractivity contribution in [2.75, 3.05) is 23.9 Å². The molecule has 1 aliphatic rings. The number of aromatic nitrogens is 3. The molecule has 25 heavy (non-hydrogen) atoms. The third-order valence-electron chi connectivity index (χ3n) is 4.08. The lowest BCUT2D eigenvalue weighted by Crippen LogP contribution is -2.31. The number of hydrogen-bond donors (Lipinski definition) is 1. The Hall–Kier alpha value is -1.87. The molecule has 2 amide bonds. The van der Waals surface area contributed by atoms with E-state index < -0.39 is 0 Å². The minimum atomic E-state index is -0.195. The van der Waals surface area contributed by atoms with Gasteiger partial charge in [0.2, 0.25) is 5.91 Å². The van der Waals surface area contributed by atoms with Crippen LogP contribution in [0, 0.1) is 0 Å². The number of carbonyl (C=O) groups is 2. The molecule has 0 spiro atoms. The van der Waals surface area contributed by atoms with Gasteiger partial charge < -0.3 is 10.2 Å². The molecule has 0 aromatic carbocycles. The molecule has 1 aliphatic heterocycles. The van der Waals surface area contributed by atoms with Crippen LogP contribution in [0.5, 0.6) is 0 Å². The van der Waals surface area contributed by atoms with E-state index in [-0.39, 0.29) is 17.9 Å². The van der Waals surface area contributed by atoms with Gasteiger partial charge in [-0.15, -0.1) is 16.4 Å². The average Bonchev–Trinajstić information content (AvgIpc) is 3.34. The summed E-state index contributed by atoms with van der Waals surface area (Å²) in [5, 5.41) is 11.0. The normalized spacial score (nSPS) is 17.0. The summed E-state index contributed by atoms with van der Waals surface area (Å²) < 4.78 is 0. The topological polar surface area (TPSA) is 80.1 Å². The number of thiophene rings is 1. The number of anilines is 1. The summed E-state index contributed by atoms with van der Waals surface area (Å²) in [7, 11) is 0. The van der Waals surface area contributed by atoms with Gasteiger partial charge in [0.15, 0.2) is 5.82 Å². The quantitative estimate of drug-likeness (QED) is 0.835. The van der Waals surface area contributed by atoms with Crippen LogP contribution in [0.3, 0.4) is 0 Å². The first-order valence-electron chi connectivity index (χ1n) is 8.22. The van der Waals surface area contributed by atoms with Crippen LogP contribution < -0.4 is 5.32 Å². The number of rotatable bonds is 6. The van der Waals surface area contributed by atoms with Crippen molar-refractivity contribution in [1.82, 2.24) is 19.9 Å². The zero-order valence-electron chi connectivity index (χ0n) is 14.3. The van der Waals surface area contributed by atoms with Crippen LogP contribution in [0.2, 0.25) is 0 Å². The molecule has 134 valence electrons. The Morgan fingerprint density at radius 2 is 2.28 bits per heavy atom. The molecule has 1 fully saturated rings. The van der Waals surface area contributed by atoms with Crippen molar-refractivity contribution in [3.05, 3.63) is 28.1 Å². The maximum Gasteiger partial charge on any atom is 0.266 e. The molecule has 0 unspecified atom stereocenters. The molecular formula is C16H21N5O2S2. The summed E-state index contributed by atoms with van der Waals surface area (Å²) in [6, 6.07) is 3.86. The van der Waals surface area contributed by atoms with Gasteiger partial charge in [-0.05, 0) is 38.2 Å². The van der Waals surface area contributed by atoms with E-state index in [0.29, 0.717) is 23.0 Å². The molecule has 7 nitrogen and oxygen atoms in total. The number of nitrogens with zero attached hydrogens (tertiary/aromatic N) is 4. The highest BCUT2D eigenvalue weighted by Crippen LogP contribution is 2.36. The Morgan fingerprint density at radius 1 is 1.44 bits per heavy atom. The lowest BCUT2D eigenvalue weighted by molar-refractivity contribution is -0.129. The molecule has 0 bridgehead atoms. The van der Waals surface area contributed by atoms with E-state index in [9.17, 15) is 9.59 Å². The van der Waals surface area contributed by atoms with E-state index in [1.54, 1.807) is 11.8 Å². The third-order valence-corrected chi connectivity index (χ3v) is 5.80. The number of carbonyl (C=O) groups excluding carboxylic acids is 2. The first-order valence-corrected chi connectivity index (χ1v) is 10.4. The first kappa shape index (κ1) is 17.9. The molecule has 1 saturated heterocycles. The van der Waals surface area contributed by atoms with Gasteiger partial charge in [-0.1, -0.05) is 0 Å². The monoisotopic (exact) mass is 379 g/mol. The van der Waals surface area contributed by atoms with E-state index in [0.717, 1.165) is 24.3 Å². The Morgan fingerprint density at radius 3 is 3.00 bits per heavy atom. The summed E-state index contributed by atoms with van der Waals surface area (Å²) >= 11 is 2.98. The molecule has 0 saturated carbocycles. The number of nitrogens with one attached hydrogen (secondary N) is 1. The van der Waals surface area contributed by atoms with Crippen molar-refractivity contribution >= 4 is 40.7 Å². The zero-order chi connectivity index (χ0) is 17.8. The number of thioether (sulfide) groups is 1. The molecule has 2 aromatic rings. The molecule has 3 rings (SSSR count). The van der Waals surface area contributed by atoms with E-state index in [2.05, 4.69) is 15.5 Å². The fourth-order valence-corrected chi connectivity index (χ4v) is 4.37. The van der Waals surface area contributed by atoms with E-state index in [4.69, 9.17) is 0 Å². The van der Waals surface area contributed by atoms with Gasteiger partial charge in [-0.3, -0.25) is 9.59 Å². The minimum Gasteiger partial charge on any atom is -0.334 e. The molecule has 0 radical (unpaired) electrons. The number of aryl methyl sites for hydroxylation is 1. The van der Waals surface area contributed by atoms with E-state index in [1.165, 1.54) is 22.3 Å². The predicted molar refractivity (Wildman–Crippen MR) is 100 cm³/mol. The summed E-state index contributed by atoms with van der Waals surface area (Å²) in [5.41, 5.74) is 0. The van der Waals surface area contributed by atoms with Crippen LogP contribution in [-0.4, -0.2) is 50.3 Å². The fourth-order valence-electron chi connectivity index (χ4n) is 2.91. The molecule has 1 N–H and O–H groups in total. The highest BCUT2D eigenvalue weighted by Gasteiger charge is 2.31. The molecule has 1 atom stereocenters. The van der Waals surface area contributed by atoms with E-state index in [1.807, 2.05) is 30.2 Å². The van der Waals surface area contributed by atoms with Crippen molar-refractivity contribution in [3.8, 4) is 0 Å². The smallest absolute Gasteiger partial charge is 0.266 e. The van der Waals surface area contributed by atoms with Gasteiger partial charge >= 0.3 is 0 Å². The van der Waals surface area contributed by atoms with Gasteiger partial charge in [-0.2, -0.15) is 21.7 Å². The lowest BCUT2D eigenvalue weighted by atomic mass is 10.2. The molecule has 2 aromatic heterocycles. The Bertz CT molecular complexity index is 757. The van der Waals surface area contributed by atoms with Crippen molar-refractivity contribution < 1.29 is 9.59 Å². The zero-order valence-corrected chi connectivity index (χ0v) is 15.9. The van der Waals surface area contributed by atoms with Crippen molar-refractivity contribution in [1.29, 1.82) is 0 Å². The first-order chi connectivity index (χ1) is 12.1. The largest absolute Gasteiger partial charge is 0.334 e. The van der Waals surface area contributed by atoms with Gasteiger partial charge in [0, 0.05) is 11.4 Å². The van der Waals surface area contributed by atoms with Crippen LogP contribution in [0.25, 0.3) is 0 Å².